The minimum Gasteiger partial charge on any atom is -0.462 e. The number of phosphoric acid groups is 1. The summed E-state index contributed by atoms with van der Waals surface area (Å²) in [5.41, 5.74) is 0. The molecule has 1 N–H and O–H groups in total. The summed E-state index contributed by atoms with van der Waals surface area (Å²) >= 11 is 0. The fourth-order valence-corrected chi connectivity index (χ4v) is 9.70. The molecular weight excluding hydrogens is 942 g/mol. The fraction of sp³-hybridized carbons (Fsp3) is 0.844. The van der Waals surface area contributed by atoms with Crippen LogP contribution < -0.4 is 0 Å². The monoisotopic (exact) mass is 1060 g/mol. The number of esters is 2. The molecule has 0 aliphatic carbocycles. The summed E-state index contributed by atoms with van der Waals surface area (Å²) in [4.78, 5) is 35.6. The topological polar surface area (TPSA) is 108 Å². The van der Waals surface area contributed by atoms with Crippen LogP contribution in [-0.2, 0) is 32.7 Å². The van der Waals surface area contributed by atoms with E-state index in [0.717, 1.165) is 64.2 Å². The van der Waals surface area contributed by atoms with Crippen LogP contribution in [0.4, 0.5) is 0 Å². The second-order valence-corrected chi connectivity index (χ2v) is 23.9. The summed E-state index contributed by atoms with van der Waals surface area (Å²) < 4.78 is 34.5. The molecule has 74 heavy (non-hydrogen) atoms. The molecule has 0 fully saturated rings. The predicted octanol–water partition coefficient (Wildman–Crippen LogP) is 19.7. The highest BCUT2D eigenvalue weighted by molar-refractivity contribution is 7.47. The van der Waals surface area contributed by atoms with Gasteiger partial charge in [0.1, 0.15) is 19.8 Å². The molecule has 10 heteroatoms. The highest BCUT2D eigenvalue weighted by Crippen LogP contribution is 2.43. The lowest BCUT2D eigenvalue weighted by Crippen LogP contribution is -2.37. The molecule has 0 aromatic heterocycles. The highest BCUT2D eigenvalue weighted by atomic mass is 31.2. The molecule has 2 atom stereocenters. The van der Waals surface area contributed by atoms with Crippen molar-refractivity contribution in [3.05, 3.63) is 48.6 Å². The summed E-state index contributed by atoms with van der Waals surface area (Å²) in [6.45, 7) is 4.42. The van der Waals surface area contributed by atoms with E-state index < -0.39 is 26.5 Å². The van der Waals surface area contributed by atoms with E-state index in [1.54, 1.807) is 0 Å². The number of likely N-dealkylation sites (N-methyl/N-ethyl adjacent to an activating group) is 1. The molecular formula is C64H121NO8P+. The number of carbonyl (C=O) groups excluding carboxylic acids is 2. The lowest BCUT2D eigenvalue weighted by Gasteiger charge is -2.24. The Balaban J connectivity index is 3.92. The van der Waals surface area contributed by atoms with E-state index >= 15 is 0 Å². The number of hydrogen-bond acceptors (Lipinski definition) is 7. The zero-order chi connectivity index (χ0) is 54.2. The van der Waals surface area contributed by atoms with Gasteiger partial charge < -0.3 is 18.9 Å². The van der Waals surface area contributed by atoms with Gasteiger partial charge in [-0.2, -0.15) is 0 Å². The molecule has 0 amide bonds. The maximum absolute atomic E-state index is 12.8. The van der Waals surface area contributed by atoms with Gasteiger partial charge in [-0.3, -0.25) is 18.6 Å². The number of allylic oxidation sites excluding steroid dienone is 8. The smallest absolute Gasteiger partial charge is 0.462 e. The zero-order valence-electron chi connectivity index (χ0n) is 49.3. The lowest BCUT2D eigenvalue weighted by atomic mass is 10.0. The van der Waals surface area contributed by atoms with Crippen molar-refractivity contribution >= 4 is 19.8 Å². The Morgan fingerprint density at radius 1 is 0.419 bits per heavy atom. The van der Waals surface area contributed by atoms with Gasteiger partial charge in [0.25, 0.3) is 0 Å². The van der Waals surface area contributed by atoms with Gasteiger partial charge in [-0.05, 0) is 77.0 Å². The van der Waals surface area contributed by atoms with Gasteiger partial charge in [-0.1, -0.05) is 255 Å². The molecule has 0 saturated heterocycles. The summed E-state index contributed by atoms with van der Waals surface area (Å²) in [6.07, 6.45) is 70.7. The molecule has 9 nitrogen and oxygen atoms in total. The van der Waals surface area contributed by atoms with E-state index in [1.165, 1.54) is 199 Å². The summed E-state index contributed by atoms with van der Waals surface area (Å²) in [5.74, 6) is -0.797. The predicted molar refractivity (Wildman–Crippen MR) is 317 cm³/mol. The van der Waals surface area contributed by atoms with Gasteiger partial charge in [-0.15, -0.1) is 0 Å². The van der Waals surface area contributed by atoms with Crippen LogP contribution in [0.2, 0.25) is 0 Å². The molecule has 0 bridgehead atoms. The molecule has 0 saturated carbocycles. The number of unbranched alkanes of at least 4 members (excludes halogenated alkanes) is 36. The minimum absolute atomic E-state index is 0.0318. The Hall–Kier alpha value is -2.03. The van der Waals surface area contributed by atoms with Crippen molar-refractivity contribution in [2.75, 3.05) is 47.5 Å². The van der Waals surface area contributed by atoms with Crippen molar-refractivity contribution in [1.82, 2.24) is 0 Å². The highest BCUT2D eigenvalue weighted by Gasteiger charge is 2.27. The second-order valence-electron chi connectivity index (χ2n) is 22.4. The van der Waals surface area contributed by atoms with E-state index in [9.17, 15) is 19.0 Å². The Morgan fingerprint density at radius 2 is 0.730 bits per heavy atom. The van der Waals surface area contributed by atoms with Crippen LogP contribution in [0, 0.1) is 0 Å². The Bertz CT molecular complexity index is 1390. The molecule has 0 aromatic carbocycles. The fourth-order valence-electron chi connectivity index (χ4n) is 8.96. The van der Waals surface area contributed by atoms with Crippen molar-refractivity contribution in [2.45, 2.75) is 302 Å². The largest absolute Gasteiger partial charge is 0.472 e. The van der Waals surface area contributed by atoms with Crippen molar-refractivity contribution in [3.8, 4) is 0 Å². The Morgan fingerprint density at radius 3 is 1.11 bits per heavy atom. The first-order chi connectivity index (χ1) is 36.0. The standard InChI is InChI=1S/C64H120NO8P/c1-6-8-10-12-14-16-18-20-21-22-23-24-25-26-27-28-29-30-31-32-33-34-35-36-37-38-39-40-41-42-43-45-47-49-51-53-55-57-64(67)73-62(61-72-74(68,69)71-59-58-65(3,4)5)60-70-63(66)56-54-52-50-48-46-44-19-17-15-13-11-9-7-2/h17-20,22-23,25-26,62H,6-16,21,24,27-61H2,1-5H3/p+1/b19-17-,20-18-,23-22-,26-25-. The quantitative estimate of drug-likeness (QED) is 0.0211. The average Bonchev–Trinajstić information content (AvgIpc) is 3.36. The number of carbonyl (C=O) groups is 2. The van der Waals surface area contributed by atoms with E-state index in [2.05, 4.69) is 62.5 Å². The van der Waals surface area contributed by atoms with Gasteiger partial charge in [0, 0.05) is 12.8 Å². The third kappa shape index (κ3) is 59.2. The van der Waals surface area contributed by atoms with E-state index in [4.69, 9.17) is 18.5 Å². The molecule has 0 aliphatic heterocycles. The number of rotatable bonds is 58. The zero-order valence-corrected chi connectivity index (χ0v) is 50.2. The maximum atomic E-state index is 12.8. The van der Waals surface area contributed by atoms with Crippen LogP contribution in [0.1, 0.15) is 296 Å². The third-order valence-corrected chi connectivity index (χ3v) is 14.8. The van der Waals surface area contributed by atoms with Crippen LogP contribution in [-0.4, -0.2) is 74.9 Å². The van der Waals surface area contributed by atoms with Crippen molar-refractivity contribution in [1.29, 1.82) is 0 Å². The van der Waals surface area contributed by atoms with Crippen LogP contribution >= 0.6 is 7.82 Å². The number of hydrogen-bond donors (Lipinski definition) is 1. The van der Waals surface area contributed by atoms with Crippen molar-refractivity contribution in [2.24, 2.45) is 0 Å². The Labute approximate surface area is 458 Å². The van der Waals surface area contributed by atoms with Crippen LogP contribution in [0.15, 0.2) is 48.6 Å². The molecule has 434 valence electrons. The number of ether oxygens (including phenoxy) is 2. The van der Waals surface area contributed by atoms with Crippen LogP contribution in [0.3, 0.4) is 0 Å². The first-order valence-electron chi connectivity index (χ1n) is 31.4. The van der Waals surface area contributed by atoms with Gasteiger partial charge >= 0.3 is 19.8 Å². The Kier molecular flexibility index (Phi) is 54.2. The van der Waals surface area contributed by atoms with Gasteiger partial charge in [0.05, 0.1) is 27.7 Å². The van der Waals surface area contributed by atoms with Crippen LogP contribution in [0.25, 0.3) is 0 Å². The molecule has 2 unspecified atom stereocenters. The van der Waals surface area contributed by atoms with E-state index in [1.807, 2.05) is 21.1 Å². The molecule has 0 aliphatic rings. The van der Waals surface area contributed by atoms with Gasteiger partial charge in [0.15, 0.2) is 6.10 Å². The van der Waals surface area contributed by atoms with Gasteiger partial charge in [0.2, 0.25) is 0 Å². The molecule has 0 heterocycles. The minimum atomic E-state index is -4.38. The van der Waals surface area contributed by atoms with E-state index in [-0.39, 0.29) is 32.0 Å². The average molecular weight is 1060 g/mol. The summed E-state index contributed by atoms with van der Waals surface area (Å²) in [6, 6.07) is 0. The third-order valence-electron chi connectivity index (χ3n) is 13.8. The number of phosphoric ester groups is 1. The second kappa shape index (κ2) is 55.7. The first kappa shape index (κ1) is 72.0. The van der Waals surface area contributed by atoms with Crippen LogP contribution in [0.5, 0.6) is 0 Å². The maximum Gasteiger partial charge on any atom is 0.472 e. The number of quaternary nitrogens is 1. The van der Waals surface area contributed by atoms with Crippen molar-refractivity contribution in [3.63, 3.8) is 0 Å². The molecule has 0 aromatic rings. The lowest BCUT2D eigenvalue weighted by molar-refractivity contribution is -0.870. The number of nitrogens with zero attached hydrogens (tertiary/aromatic N) is 1. The SMILES string of the molecule is CCCCCC/C=C\CCCCCCCC(=O)OCC(COP(=O)(O)OCC[N+](C)(C)C)OC(=O)CCCCCCCCCCCCCCCCCCCCCCCC/C=C\C/C=C\C/C=C\CCCCCCC. The first-order valence-corrected chi connectivity index (χ1v) is 32.9. The normalized spacial score (nSPS) is 13.5. The van der Waals surface area contributed by atoms with Gasteiger partial charge in [-0.25, -0.2) is 4.57 Å². The van der Waals surface area contributed by atoms with E-state index in [0.29, 0.717) is 17.4 Å². The summed E-state index contributed by atoms with van der Waals surface area (Å²) in [7, 11) is 1.48. The molecule has 0 rings (SSSR count). The summed E-state index contributed by atoms with van der Waals surface area (Å²) in [5, 5.41) is 0. The molecule has 0 spiro atoms. The molecule has 0 radical (unpaired) electrons. The van der Waals surface area contributed by atoms with Crippen molar-refractivity contribution < 1.29 is 42.1 Å².